The summed E-state index contributed by atoms with van der Waals surface area (Å²) in [7, 11) is 0. The molecule has 0 spiro atoms. The zero-order valence-corrected chi connectivity index (χ0v) is 19.3. The lowest BCUT2D eigenvalue weighted by molar-refractivity contribution is -0.140. The van der Waals surface area contributed by atoms with E-state index in [0.29, 0.717) is 38.4 Å². The van der Waals surface area contributed by atoms with Gasteiger partial charge in [-0.3, -0.25) is 9.59 Å². The number of hydrogen-bond acceptors (Lipinski definition) is 3. The molecule has 1 aromatic carbocycles. The molecule has 0 bridgehead atoms. The predicted molar refractivity (Wildman–Crippen MR) is 128 cm³/mol. The van der Waals surface area contributed by atoms with Gasteiger partial charge in [-0.05, 0) is 54.3 Å². The van der Waals surface area contributed by atoms with Gasteiger partial charge in [-0.25, -0.2) is 0 Å². The maximum absolute atomic E-state index is 13.2. The van der Waals surface area contributed by atoms with Gasteiger partial charge in [0.15, 0.2) is 0 Å². The summed E-state index contributed by atoms with van der Waals surface area (Å²) < 4.78 is 0. The molecule has 1 saturated heterocycles. The highest BCUT2D eigenvalue weighted by atomic mass is 35.5. The number of hydrogen-bond donors (Lipinski definition) is 2. The van der Waals surface area contributed by atoms with Crippen molar-refractivity contribution < 1.29 is 20.5 Å². The summed E-state index contributed by atoms with van der Waals surface area (Å²) in [5.41, 5.74) is 6.68. The normalized spacial score (nSPS) is 18.2. The van der Waals surface area contributed by atoms with Crippen molar-refractivity contribution in [1.29, 1.82) is 0 Å². The summed E-state index contributed by atoms with van der Waals surface area (Å²) >= 11 is 6.03. The highest BCUT2D eigenvalue weighted by Gasteiger charge is 2.40. The number of carbonyl (C=O) groups excluding carboxylic acids is 2. The van der Waals surface area contributed by atoms with Crippen molar-refractivity contribution in [1.82, 2.24) is 10.2 Å². The van der Waals surface area contributed by atoms with Crippen LogP contribution in [0, 0.1) is 11.3 Å². The number of carbonyl (C=O) groups is 2. The van der Waals surface area contributed by atoms with E-state index in [4.69, 9.17) is 17.3 Å². The van der Waals surface area contributed by atoms with Crippen molar-refractivity contribution in [2.24, 2.45) is 17.1 Å². The standard InChI is InChI=1S/C22H34ClN3O2.CH4.2H2O/c1-15(2)20(25-19(27)6-5-12-24)21(28)26-13-11-18(22(3,4)14-26)16-7-9-17(23)10-8-16;;;/h7-10,15,18,20H,5-6,11-14,24H2,1-4H3,(H,25,27);1H4;2*1H2/t18?,20-;;;/m1.../s1. The fourth-order valence-electron chi connectivity index (χ4n) is 4.08. The summed E-state index contributed by atoms with van der Waals surface area (Å²) in [4.78, 5) is 27.3. The van der Waals surface area contributed by atoms with Gasteiger partial charge in [-0.2, -0.15) is 0 Å². The molecule has 0 aliphatic carbocycles. The van der Waals surface area contributed by atoms with Gasteiger partial charge in [0.05, 0.1) is 0 Å². The lowest BCUT2D eigenvalue weighted by Crippen LogP contribution is -2.55. The second-order valence-corrected chi connectivity index (χ2v) is 9.26. The molecule has 31 heavy (non-hydrogen) atoms. The number of benzene rings is 1. The van der Waals surface area contributed by atoms with E-state index in [1.54, 1.807) is 0 Å². The van der Waals surface area contributed by atoms with Gasteiger partial charge < -0.3 is 26.9 Å². The van der Waals surface area contributed by atoms with E-state index < -0.39 is 6.04 Å². The molecule has 1 aliphatic heterocycles. The van der Waals surface area contributed by atoms with Crippen molar-refractivity contribution in [3.8, 4) is 0 Å². The van der Waals surface area contributed by atoms with Crippen LogP contribution in [-0.4, -0.2) is 53.3 Å². The van der Waals surface area contributed by atoms with Crippen LogP contribution in [0.1, 0.15) is 65.9 Å². The third-order valence-electron chi connectivity index (χ3n) is 5.67. The Bertz CT molecular complexity index is 680. The number of nitrogens with two attached hydrogens (primary N) is 1. The average molecular weight is 460 g/mol. The minimum atomic E-state index is -0.492. The molecule has 2 atom stereocenters. The molecule has 0 saturated carbocycles. The van der Waals surface area contributed by atoms with Crippen LogP contribution in [0.3, 0.4) is 0 Å². The first-order chi connectivity index (χ1) is 13.2. The van der Waals surface area contributed by atoms with Crippen molar-refractivity contribution in [3.05, 3.63) is 34.9 Å². The molecule has 1 aromatic rings. The molecular weight excluding hydrogens is 418 g/mol. The monoisotopic (exact) mass is 459 g/mol. The molecule has 1 aliphatic rings. The van der Waals surface area contributed by atoms with Crippen molar-refractivity contribution >= 4 is 23.4 Å². The Kier molecular flexibility index (Phi) is 13.9. The maximum Gasteiger partial charge on any atom is 0.245 e. The van der Waals surface area contributed by atoms with Gasteiger partial charge in [-0.15, -0.1) is 0 Å². The van der Waals surface area contributed by atoms with Crippen LogP contribution in [0.2, 0.25) is 5.02 Å². The van der Waals surface area contributed by atoms with Crippen LogP contribution < -0.4 is 11.1 Å². The van der Waals surface area contributed by atoms with Gasteiger partial charge in [0.1, 0.15) is 6.04 Å². The van der Waals surface area contributed by atoms with E-state index in [0.717, 1.165) is 11.4 Å². The van der Waals surface area contributed by atoms with Crippen LogP contribution in [0.15, 0.2) is 24.3 Å². The fraction of sp³-hybridized carbons (Fsp3) is 0.652. The zero-order valence-electron chi connectivity index (χ0n) is 18.5. The number of halogens is 1. The van der Waals surface area contributed by atoms with E-state index >= 15 is 0 Å². The minimum absolute atomic E-state index is 0. The molecule has 7 nitrogen and oxygen atoms in total. The minimum Gasteiger partial charge on any atom is -0.412 e. The van der Waals surface area contributed by atoms with Crippen LogP contribution >= 0.6 is 11.6 Å². The molecule has 1 unspecified atom stereocenters. The molecule has 0 radical (unpaired) electrons. The SMILES string of the molecule is C.CC(C)[C@@H](NC(=O)CCCN)C(=O)N1CCC(c2ccc(Cl)cc2)C(C)(C)C1.O.O. The first-order valence-corrected chi connectivity index (χ1v) is 10.6. The average Bonchev–Trinajstić information content (AvgIpc) is 2.63. The van der Waals surface area contributed by atoms with Crippen LogP contribution in [0.25, 0.3) is 0 Å². The topological polar surface area (TPSA) is 138 Å². The van der Waals surface area contributed by atoms with Crippen LogP contribution in [0.5, 0.6) is 0 Å². The van der Waals surface area contributed by atoms with Crippen LogP contribution in [0.4, 0.5) is 0 Å². The Morgan fingerprint density at radius 3 is 2.29 bits per heavy atom. The lowest BCUT2D eigenvalue weighted by atomic mass is 9.70. The molecule has 180 valence electrons. The van der Waals surface area contributed by atoms with Crippen molar-refractivity contribution in [2.45, 2.75) is 66.3 Å². The molecule has 7 N–H and O–H groups in total. The predicted octanol–water partition coefficient (Wildman–Crippen LogP) is 2.55. The van der Waals surface area contributed by atoms with E-state index in [9.17, 15) is 9.59 Å². The highest BCUT2D eigenvalue weighted by Crippen LogP contribution is 2.42. The van der Waals surface area contributed by atoms with Crippen molar-refractivity contribution in [2.75, 3.05) is 19.6 Å². The number of likely N-dealkylation sites (tertiary alicyclic amines) is 1. The van der Waals surface area contributed by atoms with Crippen LogP contribution in [-0.2, 0) is 9.59 Å². The number of amides is 2. The Hall–Kier alpha value is -1.67. The number of piperidine rings is 1. The molecule has 2 rings (SSSR count). The summed E-state index contributed by atoms with van der Waals surface area (Å²) in [6, 6.07) is 7.53. The fourth-order valence-corrected chi connectivity index (χ4v) is 4.20. The molecule has 1 fully saturated rings. The molecule has 8 heteroatoms. The Balaban J connectivity index is 0. The maximum atomic E-state index is 13.2. The number of nitrogens with one attached hydrogen (secondary N) is 1. The number of rotatable bonds is 7. The van der Waals surface area contributed by atoms with E-state index in [2.05, 4.69) is 31.3 Å². The lowest BCUT2D eigenvalue weighted by Gasteiger charge is -2.45. The first kappa shape index (κ1) is 31.5. The third-order valence-corrected chi connectivity index (χ3v) is 5.92. The van der Waals surface area contributed by atoms with Gasteiger partial charge in [0.25, 0.3) is 0 Å². The van der Waals surface area contributed by atoms with E-state index in [1.165, 1.54) is 5.56 Å². The van der Waals surface area contributed by atoms with Crippen molar-refractivity contribution in [3.63, 3.8) is 0 Å². The smallest absolute Gasteiger partial charge is 0.245 e. The summed E-state index contributed by atoms with van der Waals surface area (Å²) in [5, 5.41) is 3.66. The van der Waals surface area contributed by atoms with E-state index in [-0.39, 0.29) is 41.5 Å². The van der Waals surface area contributed by atoms with Gasteiger partial charge in [0.2, 0.25) is 11.8 Å². The van der Waals surface area contributed by atoms with Gasteiger partial charge >= 0.3 is 0 Å². The Morgan fingerprint density at radius 2 is 1.81 bits per heavy atom. The number of nitrogens with zero attached hydrogens (tertiary/aromatic N) is 1. The van der Waals surface area contributed by atoms with Gasteiger partial charge in [-0.1, -0.05) is 58.9 Å². The highest BCUT2D eigenvalue weighted by molar-refractivity contribution is 6.30. The molecular formula is C23H42ClN3O4. The molecule has 1 heterocycles. The zero-order chi connectivity index (χ0) is 20.9. The second-order valence-electron chi connectivity index (χ2n) is 8.82. The second kappa shape index (κ2) is 13.7. The Morgan fingerprint density at radius 1 is 1.23 bits per heavy atom. The summed E-state index contributed by atoms with van der Waals surface area (Å²) in [6.07, 6.45) is 1.88. The summed E-state index contributed by atoms with van der Waals surface area (Å²) in [5.74, 6) is 0.309. The Labute approximate surface area is 192 Å². The third kappa shape index (κ3) is 8.41. The van der Waals surface area contributed by atoms with E-state index in [1.807, 2.05) is 30.9 Å². The molecule has 2 amide bonds. The quantitative estimate of drug-likeness (QED) is 0.647. The largest absolute Gasteiger partial charge is 0.412 e. The first-order valence-electron chi connectivity index (χ1n) is 10.2. The van der Waals surface area contributed by atoms with Gasteiger partial charge in [0, 0.05) is 24.5 Å². The summed E-state index contributed by atoms with van der Waals surface area (Å²) in [6.45, 7) is 10.2. The molecule has 0 aromatic heterocycles.